The zero-order chi connectivity index (χ0) is 20.4. The van der Waals surface area contributed by atoms with E-state index in [0.717, 1.165) is 40.2 Å². The minimum atomic E-state index is -0.334. The maximum absolute atomic E-state index is 12.3. The van der Waals surface area contributed by atoms with Crippen molar-refractivity contribution < 1.29 is 9.21 Å². The van der Waals surface area contributed by atoms with Crippen molar-refractivity contribution in [3.05, 3.63) is 79.6 Å². The molecule has 1 atom stereocenters. The number of hydrogen-bond acceptors (Lipinski definition) is 4. The summed E-state index contributed by atoms with van der Waals surface area (Å²) in [6.07, 6.45) is 3.27. The Balaban J connectivity index is 1.40. The molecule has 0 saturated heterocycles. The molecule has 1 amide bonds. The summed E-state index contributed by atoms with van der Waals surface area (Å²) in [6, 6.07) is 13.6. The number of fused-ring (bicyclic) bond motifs is 2. The largest absolute Gasteiger partial charge is 0.423 e. The van der Waals surface area contributed by atoms with Crippen LogP contribution in [0, 0.1) is 0 Å². The molecule has 0 spiro atoms. The van der Waals surface area contributed by atoms with Crippen LogP contribution in [-0.4, -0.2) is 11.7 Å². The molecular formula is C23H22BrNO3S. The zero-order valence-electron chi connectivity index (χ0n) is 16.2. The third-order valence-electron chi connectivity index (χ3n) is 5.28. The van der Waals surface area contributed by atoms with Gasteiger partial charge in [0.15, 0.2) is 0 Å². The van der Waals surface area contributed by atoms with E-state index in [-0.39, 0.29) is 17.6 Å². The molecule has 4 rings (SSSR count). The number of benzene rings is 2. The normalized spacial score (nSPS) is 14.0. The van der Waals surface area contributed by atoms with E-state index < -0.39 is 0 Å². The smallest absolute Gasteiger partial charge is 0.336 e. The van der Waals surface area contributed by atoms with Gasteiger partial charge < -0.3 is 9.73 Å². The average Bonchev–Trinajstić information content (AvgIpc) is 3.14. The molecule has 0 aliphatic heterocycles. The van der Waals surface area contributed by atoms with Crippen LogP contribution in [0.25, 0.3) is 11.0 Å². The van der Waals surface area contributed by atoms with Crippen LogP contribution >= 0.6 is 27.7 Å². The lowest BCUT2D eigenvalue weighted by atomic mass is 10.0. The highest BCUT2D eigenvalue weighted by atomic mass is 79.9. The van der Waals surface area contributed by atoms with Gasteiger partial charge in [-0.3, -0.25) is 4.79 Å². The van der Waals surface area contributed by atoms with E-state index in [4.69, 9.17) is 4.42 Å². The van der Waals surface area contributed by atoms with Crippen molar-refractivity contribution in [3.63, 3.8) is 0 Å². The van der Waals surface area contributed by atoms with Crippen LogP contribution in [0.4, 0.5) is 0 Å². The Labute approximate surface area is 182 Å². The molecule has 1 heterocycles. The molecule has 6 heteroatoms. The Kier molecular flexibility index (Phi) is 6.11. The first-order chi connectivity index (χ1) is 14.0. The van der Waals surface area contributed by atoms with Gasteiger partial charge in [-0.15, -0.1) is 11.8 Å². The molecule has 0 saturated carbocycles. The predicted molar refractivity (Wildman–Crippen MR) is 121 cm³/mol. The van der Waals surface area contributed by atoms with E-state index in [1.54, 1.807) is 6.07 Å². The highest BCUT2D eigenvalue weighted by Crippen LogP contribution is 2.29. The van der Waals surface area contributed by atoms with Crippen molar-refractivity contribution in [2.75, 3.05) is 5.75 Å². The molecule has 0 radical (unpaired) electrons. The third-order valence-corrected chi connectivity index (χ3v) is 6.79. The van der Waals surface area contributed by atoms with Crippen LogP contribution < -0.4 is 10.9 Å². The summed E-state index contributed by atoms with van der Waals surface area (Å²) >= 11 is 4.93. The zero-order valence-corrected chi connectivity index (χ0v) is 18.6. The highest BCUT2D eigenvalue weighted by molar-refractivity contribution is 9.10. The third kappa shape index (κ3) is 4.75. The van der Waals surface area contributed by atoms with Crippen LogP contribution in [0.3, 0.4) is 0 Å². The fraction of sp³-hybridized carbons (Fsp3) is 0.304. The van der Waals surface area contributed by atoms with Crippen LogP contribution in [0.1, 0.15) is 41.6 Å². The van der Waals surface area contributed by atoms with E-state index in [1.165, 1.54) is 22.9 Å². The lowest BCUT2D eigenvalue weighted by Crippen LogP contribution is -2.28. The van der Waals surface area contributed by atoms with Crippen molar-refractivity contribution in [2.24, 2.45) is 0 Å². The summed E-state index contributed by atoms with van der Waals surface area (Å²) in [5.74, 6) is 0.924. The van der Waals surface area contributed by atoms with E-state index in [9.17, 15) is 9.59 Å². The van der Waals surface area contributed by atoms with Crippen molar-refractivity contribution >= 4 is 44.6 Å². The lowest BCUT2D eigenvalue weighted by molar-refractivity contribution is -0.119. The second kappa shape index (κ2) is 8.76. The molecule has 1 N–H and O–H groups in total. The fourth-order valence-electron chi connectivity index (χ4n) is 3.79. The summed E-state index contributed by atoms with van der Waals surface area (Å²) in [6.45, 7) is 1.97. The number of amides is 1. The summed E-state index contributed by atoms with van der Waals surface area (Å²) in [5.41, 5.74) is 4.95. The standard InChI is InChI=1S/C23H22BrNO3S/c1-14(15-5-7-19(24)8-6-15)25-22(26)13-29-12-18-11-23(27)28-21-10-17-4-2-3-16(17)9-20(18)21/h5-11,14H,2-4,12-13H2,1H3,(H,25,26)/t14-/m1/s1. The van der Waals surface area contributed by atoms with Crippen molar-refractivity contribution in [1.29, 1.82) is 0 Å². The first-order valence-corrected chi connectivity index (χ1v) is 11.7. The van der Waals surface area contributed by atoms with Gasteiger partial charge >= 0.3 is 5.63 Å². The molecule has 0 fully saturated rings. The molecule has 1 aliphatic rings. The fourth-order valence-corrected chi connectivity index (χ4v) is 4.88. The van der Waals surface area contributed by atoms with Gasteiger partial charge in [0.25, 0.3) is 0 Å². The monoisotopic (exact) mass is 471 g/mol. The number of hydrogen-bond donors (Lipinski definition) is 1. The average molecular weight is 472 g/mol. The number of rotatable bonds is 6. The van der Waals surface area contributed by atoms with Gasteiger partial charge in [-0.1, -0.05) is 28.1 Å². The molecule has 2 aromatic carbocycles. The van der Waals surface area contributed by atoms with Crippen molar-refractivity contribution in [2.45, 2.75) is 38.0 Å². The van der Waals surface area contributed by atoms with Gasteiger partial charge in [-0.25, -0.2) is 4.79 Å². The Bertz CT molecular complexity index is 1110. The second-order valence-electron chi connectivity index (χ2n) is 7.39. The number of thioether (sulfide) groups is 1. The topological polar surface area (TPSA) is 59.3 Å². The van der Waals surface area contributed by atoms with E-state index in [2.05, 4.69) is 27.3 Å². The maximum Gasteiger partial charge on any atom is 0.336 e. The van der Waals surface area contributed by atoms with Gasteiger partial charge in [-0.05, 0) is 72.7 Å². The first kappa shape index (κ1) is 20.2. The van der Waals surface area contributed by atoms with E-state index >= 15 is 0 Å². The number of carbonyl (C=O) groups excluding carboxylic acids is 1. The van der Waals surface area contributed by atoms with Gasteiger partial charge in [-0.2, -0.15) is 0 Å². The van der Waals surface area contributed by atoms with E-state index in [0.29, 0.717) is 17.1 Å². The Hall–Kier alpha value is -2.05. The molecule has 0 bridgehead atoms. The van der Waals surface area contributed by atoms with E-state index in [1.807, 2.05) is 37.3 Å². The summed E-state index contributed by atoms with van der Waals surface area (Å²) in [7, 11) is 0. The molecule has 29 heavy (non-hydrogen) atoms. The Morgan fingerprint density at radius 2 is 1.90 bits per heavy atom. The van der Waals surface area contributed by atoms with Crippen LogP contribution in [0.5, 0.6) is 0 Å². The molecule has 1 aromatic heterocycles. The number of nitrogens with one attached hydrogen (secondary N) is 1. The Morgan fingerprint density at radius 1 is 1.17 bits per heavy atom. The highest BCUT2D eigenvalue weighted by Gasteiger charge is 2.16. The minimum Gasteiger partial charge on any atom is -0.423 e. The van der Waals surface area contributed by atoms with Crippen LogP contribution in [-0.2, 0) is 23.4 Å². The molecule has 0 unspecified atom stereocenters. The lowest BCUT2D eigenvalue weighted by Gasteiger charge is -2.14. The first-order valence-electron chi connectivity index (χ1n) is 9.71. The Morgan fingerprint density at radius 3 is 2.66 bits per heavy atom. The van der Waals surface area contributed by atoms with Gasteiger partial charge in [0.05, 0.1) is 11.8 Å². The number of carbonyl (C=O) groups is 1. The van der Waals surface area contributed by atoms with Crippen LogP contribution in [0.15, 0.2) is 56.1 Å². The molecule has 150 valence electrons. The second-order valence-corrected chi connectivity index (χ2v) is 9.30. The quantitative estimate of drug-likeness (QED) is 0.504. The summed E-state index contributed by atoms with van der Waals surface area (Å²) in [4.78, 5) is 24.3. The number of aryl methyl sites for hydroxylation is 2. The van der Waals surface area contributed by atoms with Gasteiger partial charge in [0.1, 0.15) is 5.58 Å². The van der Waals surface area contributed by atoms with Crippen LogP contribution in [0.2, 0.25) is 0 Å². The summed E-state index contributed by atoms with van der Waals surface area (Å²) in [5, 5.41) is 4.02. The van der Waals surface area contributed by atoms with Crippen molar-refractivity contribution in [1.82, 2.24) is 5.32 Å². The van der Waals surface area contributed by atoms with Crippen molar-refractivity contribution in [3.8, 4) is 0 Å². The predicted octanol–water partition coefficient (Wildman–Crippen LogP) is 5.15. The SMILES string of the molecule is C[C@@H](NC(=O)CSCc1cc(=O)oc2cc3c(cc12)CCC3)c1ccc(Br)cc1. The van der Waals surface area contributed by atoms with Gasteiger partial charge in [0.2, 0.25) is 5.91 Å². The van der Waals surface area contributed by atoms with Gasteiger partial charge in [0, 0.05) is 21.7 Å². The summed E-state index contributed by atoms with van der Waals surface area (Å²) < 4.78 is 6.43. The minimum absolute atomic E-state index is 0.0152. The maximum atomic E-state index is 12.3. The molecule has 3 aromatic rings. The number of halogens is 1. The molecule has 4 nitrogen and oxygen atoms in total. The molecular weight excluding hydrogens is 450 g/mol. The molecule has 1 aliphatic carbocycles.